The molecule has 3 rings (SSSR count). The van der Waals surface area contributed by atoms with Crippen LogP contribution >= 0.6 is 0 Å². The van der Waals surface area contributed by atoms with Crippen molar-refractivity contribution in [2.24, 2.45) is 0 Å². The van der Waals surface area contributed by atoms with Gasteiger partial charge < -0.3 is 0 Å². The number of hydrogen-bond acceptors (Lipinski definition) is 6. The number of rotatable bonds is 8. The van der Waals surface area contributed by atoms with Gasteiger partial charge in [0.05, 0.1) is 21.0 Å². The molecular weight excluding hydrogens is 412 g/mol. The Morgan fingerprint density at radius 2 is 0.938 bits per heavy atom. The summed E-state index contributed by atoms with van der Waals surface area (Å²) >= 11 is 0. The maximum Gasteiger partial charge on any atom is 0.276 e. The number of nitro benzene ring substituents is 2. The van der Waals surface area contributed by atoms with E-state index >= 15 is 0 Å². The number of allylic oxidation sites excluding steroid dienone is 2. The molecule has 0 N–H and O–H groups in total. The number of carbonyl (C=O) groups excluding carboxylic acids is 2. The molecule has 0 saturated carbocycles. The van der Waals surface area contributed by atoms with Gasteiger partial charge in [0.25, 0.3) is 11.4 Å². The number of para-hydroxylation sites is 2. The van der Waals surface area contributed by atoms with Crippen molar-refractivity contribution >= 4 is 35.1 Å². The summed E-state index contributed by atoms with van der Waals surface area (Å²) < 4.78 is 0. The second kappa shape index (κ2) is 9.86. The highest BCUT2D eigenvalue weighted by Gasteiger charge is 2.12. The normalized spacial score (nSPS) is 11.0. The van der Waals surface area contributed by atoms with E-state index in [1.165, 1.54) is 85.0 Å². The quantitative estimate of drug-likeness (QED) is 0.208. The summed E-state index contributed by atoms with van der Waals surface area (Å²) in [6, 6.07) is 18.0. The standard InChI is InChI=1S/C24H16N2O6/c27-23(15-13-17-5-1-3-7-21(17)25(29)30)19-9-11-20(12-10-19)24(28)16-14-18-6-2-4-8-22(18)26(31)32/h1-16H/b15-13+,16-14+. The number of hydrogen-bond donors (Lipinski definition) is 0. The van der Waals surface area contributed by atoms with E-state index < -0.39 is 9.85 Å². The molecule has 0 bridgehead atoms. The lowest BCUT2D eigenvalue weighted by Gasteiger charge is -2.00. The van der Waals surface area contributed by atoms with Gasteiger partial charge in [-0.05, 0) is 36.4 Å². The molecule has 3 aromatic carbocycles. The third-order valence-electron chi connectivity index (χ3n) is 4.55. The first kappa shape index (κ1) is 22.0. The fourth-order valence-corrected chi connectivity index (χ4v) is 2.91. The second-order valence-electron chi connectivity index (χ2n) is 6.60. The molecule has 0 fully saturated rings. The van der Waals surface area contributed by atoms with Crippen LogP contribution < -0.4 is 0 Å². The van der Waals surface area contributed by atoms with Crippen molar-refractivity contribution in [3.8, 4) is 0 Å². The smallest absolute Gasteiger partial charge is 0.276 e. The molecule has 0 aromatic heterocycles. The van der Waals surface area contributed by atoms with Crippen LogP contribution in [0.3, 0.4) is 0 Å². The maximum absolute atomic E-state index is 12.4. The van der Waals surface area contributed by atoms with Gasteiger partial charge in [0, 0.05) is 23.3 Å². The Bertz CT molecular complexity index is 1160. The average molecular weight is 428 g/mol. The van der Waals surface area contributed by atoms with Crippen molar-refractivity contribution in [1.82, 2.24) is 0 Å². The molecule has 32 heavy (non-hydrogen) atoms. The van der Waals surface area contributed by atoms with Crippen LogP contribution in [0.4, 0.5) is 11.4 Å². The topological polar surface area (TPSA) is 120 Å². The van der Waals surface area contributed by atoms with Crippen LogP contribution in [0.5, 0.6) is 0 Å². The number of carbonyl (C=O) groups is 2. The molecule has 0 aliphatic carbocycles. The Morgan fingerprint density at radius 1 is 0.594 bits per heavy atom. The van der Waals surface area contributed by atoms with E-state index in [0.717, 1.165) is 0 Å². The van der Waals surface area contributed by atoms with Gasteiger partial charge in [-0.15, -0.1) is 0 Å². The molecular formula is C24H16N2O6. The van der Waals surface area contributed by atoms with Gasteiger partial charge in [-0.3, -0.25) is 29.8 Å². The minimum Gasteiger partial charge on any atom is -0.289 e. The zero-order valence-electron chi connectivity index (χ0n) is 16.6. The van der Waals surface area contributed by atoms with Crippen molar-refractivity contribution < 1.29 is 19.4 Å². The van der Waals surface area contributed by atoms with E-state index in [1.54, 1.807) is 12.1 Å². The predicted octanol–water partition coefficient (Wildman–Crippen LogP) is 5.30. The minimum atomic E-state index is -0.526. The van der Waals surface area contributed by atoms with Gasteiger partial charge in [0.1, 0.15) is 0 Å². The van der Waals surface area contributed by atoms with Crippen LogP contribution in [0.1, 0.15) is 31.8 Å². The van der Waals surface area contributed by atoms with Gasteiger partial charge in [0.2, 0.25) is 0 Å². The SMILES string of the molecule is O=C(/C=C/c1ccccc1[N+](=O)[O-])c1ccc(C(=O)/C=C/c2ccccc2[N+](=O)[O-])cc1. The molecule has 3 aromatic rings. The van der Waals surface area contributed by atoms with Gasteiger partial charge in [-0.2, -0.15) is 0 Å². The third-order valence-corrected chi connectivity index (χ3v) is 4.55. The first-order valence-corrected chi connectivity index (χ1v) is 9.38. The van der Waals surface area contributed by atoms with E-state index in [-0.39, 0.29) is 22.9 Å². The Hall–Kier alpha value is -4.72. The van der Waals surface area contributed by atoms with E-state index in [0.29, 0.717) is 22.3 Å². The fraction of sp³-hybridized carbons (Fsp3) is 0. The van der Waals surface area contributed by atoms with Crippen molar-refractivity contribution in [1.29, 1.82) is 0 Å². The first-order valence-electron chi connectivity index (χ1n) is 9.38. The first-order chi connectivity index (χ1) is 15.4. The van der Waals surface area contributed by atoms with Crippen molar-refractivity contribution in [3.63, 3.8) is 0 Å². The largest absolute Gasteiger partial charge is 0.289 e. The number of ketones is 2. The fourth-order valence-electron chi connectivity index (χ4n) is 2.91. The molecule has 0 aliphatic heterocycles. The summed E-state index contributed by atoms with van der Waals surface area (Å²) in [5.41, 5.74) is 1.000. The molecule has 0 spiro atoms. The minimum absolute atomic E-state index is 0.108. The summed E-state index contributed by atoms with van der Waals surface area (Å²) in [6.45, 7) is 0. The Labute approximate surface area is 182 Å². The van der Waals surface area contributed by atoms with Crippen LogP contribution in [0.2, 0.25) is 0 Å². The highest BCUT2D eigenvalue weighted by atomic mass is 16.6. The number of nitrogens with zero attached hydrogens (tertiary/aromatic N) is 2. The predicted molar refractivity (Wildman–Crippen MR) is 119 cm³/mol. The number of nitro groups is 2. The van der Waals surface area contributed by atoms with Crippen LogP contribution in [0.25, 0.3) is 12.2 Å². The van der Waals surface area contributed by atoms with E-state index in [1.807, 2.05) is 0 Å². The van der Waals surface area contributed by atoms with Crippen LogP contribution in [-0.2, 0) is 0 Å². The Morgan fingerprint density at radius 3 is 1.28 bits per heavy atom. The van der Waals surface area contributed by atoms with E-state index in [9.17, 15) is 29.8 Å². The van der Waals surface area contributed by atoms with Crippen molar-refractivity contribution in [3.05, 3.63) is 127 Å². The highest BCUT2D eigenvalue weighted by Crippen LogP contribution is 2.20. The summed E-state index contributed by atoms with van der Waals surface area (Å²) in [5.74, 6) is -0.754. The maximum atomic E-state index is 12.4. The summed E-state index contributed by atoms with van der Waals surface area (Å²) in [7, 11) is 0. The van der Waals surface area contributed by atoms with Gasteiger partial charge in [-0.1, -0.05) is 48.5 Å². The molecule has 0 radical (unpaired) electrons. The van der Waals surface area contributed by atoms with Gasteiger partial charge in [-0.25, -0.2) is 0 Å². The average Bonchev–Trinajstić information content (AvgIpc) is 2.81. The Balaban J connectivity index is 1.72. The molecule has 0 aliphatic rings. The summed E-state index contributed by atoms with van der Waals surface area (Å²) in [5, 5.41) is 22.1. The summed E-state index contributed by atoms with van der Waals surface area (Å²) in [4.78, 5) is 45.8. The van der Waals surface area contributed by atoms with Crippen molar-refractivity contribution in [2.45, 2.75) is 0 Å². The molecule has 0 atom stereocenters. The lowest BCUT2D eigenvalue weighted by molar-refractivity contribution is -0.385. The zero-order chi connectivity index (χ0) is 23.1. The molecule has 0 amide bonds. The highest BCUT2D eigenvalue weighted by molar-refractivity contribution is 6.09. The molecule has 0 unspecified atom stereocenters. The van der Waals surface area contributed by atoms with Crippen LogP contribution in [-0.4, -0.2) is 21.4 Å². The third kappa shape index (κ3) is 5.25. The number of benzene rings is 3. The van der Waals surface area contributed by atoms with Gasteiger partial charge in [0.15, 0.2) is 11.6 Å². The molecule has 0 heterocycles. The molecule has 8 nitrogen and oxygen atoms in total. The van der Waals surface area contributed by atoms with Crippen LogP contribution in [0.15, 0.2) is 84.9 Å². The lowest BCUT2D eigenvalue weighted by Crippen LogP contribution is -1.98. The molecule has 8 heteroatoms. The van der Waals surface area contributed by atoms with Crippen molar-refractivity contribution in [2.75, 3.05) is 0 Å². The zero-order valence-corrected chi connectivity index (χ0v) is 16.6. The van der Waals surface area contributed by atoms with Crippen LogP contribution in [0, 0.1) is 20.2 Å². The van der Waals surface area contributed by atoms with E-state index in [4.69, 9.17) is 0 Å². The lowest BCUT2D eigenvalue weighted by atomic mass is 10.0. The molecule has 0 saturated heterocycles. The van der Waals surface area contributed by atoms with Gasteiger partial charge >= 0.3 is 0 Å². The monoisotopic (exact) mass is 428 g/mol. The molecule has 158 valence electrons. The summed E-state index contributed by atoms with van der Waals surface area (Å²) in [6.07, 6.45) is 5.20. The Kier molecular flexibility index (Phi) is 6.77. The second-order valence-corrected chi connectivity index (χ2v) is 6.60. The van der Waals surface area contributed by atoms with E-state index in [2.05, 4.69) is 0 Å².